The number of aromatic nitrogens is 2. The van der Waals surface area contributed by atoms with Crippen LogP contribution in [0.3, 0.4) is 0 Å². The summed E-state index contributed by atoms with van der Waals surface area (Å²) in [7, 11) is 0. The van der Waals surface area contributed by atoms with Gasteiger partial charge in [-0.1, -0.05) is 13.8 Å². The second-order valence-corrected chi connectivity index (χ2v) is 4.70. The summed E-state index contributed by atoms with van der Waals surface area (Å²) in [5.74, 6) is 0.221. The molecule has 0 radical (unpaired) electrons. The van der Waals surface area contributed by atoms with Gasteiger partial charge < -0.3 is 15.2 Å². The average Bonchev–Trinajstić information content (AvgIpc) is 2.27. The zero-order valence-electron chi connectivity index (χ0n) is 11.8. The zero-order chi connectivity index (χ0) is 14.4. The van der Waals surface area contributed by atoms with E-state index < -0.39 is 5.97 Å². The number of ether oxygens (including phenoxy) is 1. The fraction of sp³-hybridized carbons (Fsp3) is 0.615. The highest BCUT2D eigenvalue weighted by Crippen LogP contribution is 2.16. The summed E-state index contributed by atoms with van der Waals surface area (Å²) in [4.78, 5) is 19.3. The van der Waals surface area contributed by atoms with Gasteiger partial charge in [-0.3, -0.25) is 4.79 Å². The Kier molecular flexibility index (Phi) is 5.54. The number of aryl methyl sites for hydroxylation is 1. The first-order chi connectivity index (χ1) is 8.92. The number of nitrogens with zero attached hydrogens (tertiary/aromatic N) is 2. The predicted octanol–water partition coefficient (Wildman–Crippen LogP) is 2.09. The largest absolute Gasteiger partial charge is 0.481 e. The molecule has 1 atom stereocenters. The first-order valence-electron chi connectivity index (χ1n) is 6.39. The maximum absolute atomic E-state index is 10.8. The average molecular weight is 267 g/mol. The van der Waals surface area contributed by atoms with Gasteiger partial charge in [0, 0.05) is 17.8 Å². The molecule has 0 aliphatic carbocycles. The summed E-state index contributed by atoms with van der Waals surface area (Å²) in [6.45, 7) is 8.17. The Balaban J connectivity index is 2.86. The van der Waals surface area contributed by atoms with E-state index in [2.05, 4.69) is 15.3 Å². The third kappa shape index (κ3) is 5.11. The molecule has 0 spiro atoms. The van der Waals surface area contributed by atoms with E-state index in [1.165, 1.54) is 0 Å². The lowest BCUT2D eigenvalue weighted by molar-refractivity contribution is -0.137. The molecule has 0 fully saturated rings. The van der Waals surface area contributed by atoms with Crippen LogP contribution in [0.2, 0.25) is 0 Å². The highest BCUT2D eigenvalue weighted by molar-refractivity contribution is 5.68. The van der Waals surface area contributed by atoms with Crippen molar-refractivity contribution in [1.29, 1.82) is 0 Å². The van der Waals surface area contributed by atoms with Gasteiger partial charge in [-0.2, -0.15) is 4.98 Å². The number of rotatable bonds is 7. The SMILES string of the molecule is CCOc1cc(C)nc(NC(CC(=O)O)C(C)C)n1. The topological polar surface area (TPSA) is 84.3 Å². The van der Waals surface area contributed by atoms with Crippen LogP contribution in [0.5, 0.6) is 5.88 Å². The van der Waals surface area contributed by atoms with Gasteiger partial charge >= 0.3 is 5.97 Å². The molecular formula is C13H21N3O3. The van der Waals surface area contributed by atoms with Crippen molar-refractivity contribution in [3.63, 3.8) is 0 Å². The summed E-state index contributed by atoms with van der Waals surface area (Å²) >= 11 is 0. The van der Waals surface area contributed by atoms with E-state index in [9.17, 15) is 4.79 Å². The molecule has 0 saturated carbocycles. The molecule has 2 N–H and O–H groups in total. The van der Waals surface area contributed by atoms with Gasteiger partial charge in [0.15, 0.2) is 0 Å². The van der Waals surface area contributed by atoms with Gasteiger partial charge in [-0.15, -0.1) is 0 Å². The molecule has 1 heterocycles. The summed E-state index contributed by atoms with van der Waals surface area (Å²) in [6.07, 6.45) is 0.0267. The molecule has 0 saturated heterocycles. The minimum absolute atomic E-state index is 0.0267. The van der Waals surface area contributed by atoms with Crippen molar-refractivity contribution in [2.24, 2.45) is 5.92 Å². The Hall–Kier alpha value is -1.85. The van der Waals surface area contributed by atoms with Crippen LogP contribution in [-0.2, 0) is 4.79 Å². The minimum Gasteiger partial charge on any atom is -0.481 e. The van der Waals surface area contributed by atoms with E-state index in [0.717, 1.165) is 5.69 Å². The predicted molar refractivity (Wildman–Crippen MR) is 72.4 cm³/mol. The number of carbonyl (C=O) groups is 1. The first-order valence-corrected chi connectivity index (χ1v) is 6.39. The maximum atomic E-state index is 10.8. The number of hydrogen-bond donors (Lipinski definition) is 2. The molecule has 0 amide bonds. The Morgan fingerprint density at radius 2 is 2.16 bits per heavy atom. The number of anilines is 1. The lowest BCUT2D eigenvalue weighted by Crippen LogP contribution is -2.29. The van der Waals surface area contributed by atoms with Crippen LogP contribution >= 0.6 is 0 Å². The quantitative estimate of drug-likeness (QED) is 0.787. The van der Waals surface area contributed by atoms with Crippen molar-refractivity contribution < 1.29 is 14.6 Å². The molecule has 6 nitrogen and oxygen atoms in total. The standard InChI is InChI=1S/C13H21N3O3/c1-5-19-11-6-9(4)14-13(16-11)15-10(8(2)3)7-12(17)18/h6,8,10H,5,7H2,1-4H3,(H,17,18)(H,14,15,16). The van der Waals surface area contributed by atoms with Gasteiger partial charge in [-0.05, 0) is 19.8 Å². The second-order valence-electron chi connectivity index (χ2n) is 4.70. The highest BCUT2D eigenvalue weighted by Gasteiger charge is 2.18. The van der Waals surface area contributed by atoms with Crippen LogP contribution in [0.1, 0.15) is 32.9 Å². The normalized spacial score (nSPS) is 12.3. The molecule has 106 valence electrons. The molecule has 1 aromatic rings. The molecule has 1 unspecified atom stereocenters. The number of nitrogens with one attached hydrogen (secondary N) is 1. The molecular weight excluding hydrogens is 246 g/mol. The van der Waals surface area contributed by atoms with Crippen LogP contribution in [0, 0.1) is 12.8 Å². The summed E-state index contributed by atoms with van der Waals surface area (Å²) < 4.78 is 5.34. The molecule has 0 aromatic carbocycles. The van der Waals surface area contributed by atoms with Crippen molar-refractivity contribution in [1.82, 2.24) is 9.97 Å². The number of carboxylic acid groups (broad SMARTS) is 1. The van der Waals surface area contributed by atoms with E-state index in [4.69, 9.17) is 9.84 Å². The molecule has 1 rings (SSSR count). The Labute approximate surface area is 113 Å². The van der Waals surface area contributed by atoms with Crippen LogP contribution in [0.4, 0.5) is 5.95 Å². The van der Waals surface area contributed by atoms with E-state index in [0.29, 0.717) is 18.4 Å². The fourth-order valence-electron chi connectivity index (χ4n) is 1.63. The van der Waals surface area contributed by atoms with E-state index in [1.807, 2.05) is 27.7 Å². The third-order valence-electron chi connectivity index (χ3n) is 2.64. The third-order valence-corrected chi connectivity index (χ3v) is 2.64. The summed E-state index contributed by atoms with van der Waals surface area (Å²) in [5, 5.41) is 12.0. The van der Waals surface area contributed by atoms with E-state index in [1.54, 1.807) is 6.07 Å². The molecule has 0 bridgehead atoms. The summed E-state index contributed by atoms with van der Waals surface area (Å²) in [6, 6.07) is 1.53. The van der Waals surface area contributed by atoms with E-state index >= 15 is 0 Å². The zero-order valence-corrected chi connectivity index (χ0v) is 11.8. The van der Waals surface area contributed by atoms with Crippen molar-refractivity contribution in [2.75, 3.05) is 11.9 Å². The first kappa shape index (κ1) is 15.2. The lowest BCUT2D eigenvalue weighted by atomic mass is 10.0. The fourth-order valence-corrected chi connectivity index (χ4v) is 1.63. The van der Waals surface area contributed by atoms with Gasteiger partial charge in [0.25, 0.3) is 0 Å². The van der Waals surface area contributed by atoms with E-state index in [-0.39, 0.29) is 18.4 Å². The van der Waals surface area contributed by atoms with Crippen LogP contribution in [-0.4, -0.2) is 33.7 Å². The summed E-state index contributed by atoms with van der Waals surface area (Å²) in [5.41, 5.74) is 0.777. The van der Waals surface area contributed by atoms with Crippen molar-refractivity contribution in [2.45, 2.75) is 40.2 Å². The van der Waals surface area contributed by atoms with Gasteiger partial charge in [0.2, 0.25) is 11.8 Å². The number of carboxylic acids is 1. The smallest absolute Gasteiger partial charge is 0.305 e. The van der Waals surface area contributed by atoms with Crippen molar-refractivity contribution >= 4 is 11.9 Å². The Morgan fingerprint density at radius 1 is 1.47 bits per heavy atom. The van der Waals surface area contributed by atoms with Gasteiger partial charge in [0.05, 0.1) is 13.0 Å². The van der Waals surface area contributed by atoms with Crippen LogP contribution < -0.4 is 10.1 Å². The molecule has 19 heavy (non-hydrogen) atoms. The second kappa shape index (κ2) is 6.92. The molecule has 1 aromatic heterocycles. The number of aliphatic carboxylic acids is 1. The highest BCUT2D eigenvalue weighted by atomic mass is 16.5. The number of hydrogen-bond acceptors (Lipinski definition) is 5. The minimum atomic E-state index is -0.844. The monoisotopic (exact) mass is 267 g/mol. The molecule has 0 aliphatic rings. The maximum Gasteiger partial charge on any atom is 0.305 e. The molecule has 6 heteroatoms. The lowest BCUT2D eigenvalue weighted by Gasteiger charge is -2.20. The molecule has 0 aliphatic heterocycles. The van der Waals surface area contributed by atoms with Crippen LogP contribution in [0.15, 0.2) is 6.07 Å². The Bertz CT molecular complexity index is 435. The van der Waals surface area contributed by atoms with Crippen molar-refractivity contribution in [3.05, 3.63) is 11.8 Å². The Morgan fingerprint density at radius 3 is 2.68 bits per heavy atom. The van der Waals surface area contributed by atoms with Crippen LogP contribution in [0.25, 0.3) is 0 Å². The van der Waals surface area contributed by atoms with Crippen molar-refractivity contribution in [3.8, 4) is 5.88 Å². The van der Waals surface area contributed by atoms with Gasteiger partial charge in [0.1, 0.15) is 0 Å². The van der Waals surface area contributed by atoms with Gasteiger partial charge in [-0.25, -0.2) is 4.98 Å².